The first kappa shape index (κ1) is 17.4. The molecule has 1 amide bonds. The van der Waals surface area contributed by atoms with Crippen molar-refractivity contribution >= 4 is 16.0 Å². The van der Waals surface area contributed by atoms with Gasteiger partial charge in [0.05, 0.1) is 4.90 Å². The van der Waals surface area contributed by atoms with E-state index in [9.17, 15) is 13.4 Å². The Balaban J connectivity index is 2.85. The number of carbonyl (C=O) groups is 1. The second-order valence-corrected chi connectivity index (χ2v) is 7.34. The van der Waals surface area contributed by atoms with E-state index in [0.29, 0.717) is 5.56 Å². The maximum atomic E-state index is 13.8. The van der Waals surface area contributed by atoms with Gasteiger partial charge in [0.25, 0.3) is 0 Å². The molecule has 0 aromatic heterocycles. The number of nitrogens with two attached hydrogens (primary N) is 1. The average Bonchev–Trinajstić information content (AvgIpc) is 2.24. The molecule has 0 aliphatic rings. The molecular weight excluding hydrogens is 297 g/mol. The van der Waals surface area contributed by atoms with E-state index < -0.39 is 27.4 Å². The van der Waals surface area contributed by atoms with Gasteiger partial charge in [0, 0.05) is 13.6 Å². The van der Waals surface area contributed by atoms with E-state index in [0.717, 1.165) is 6.07 Å². The van der Waals surface area contributed by atoms with Crippen molar-refractivity contribution in [2.75, 3.05) is 7.05 Å². The Hall–Kier alpha value is -1.67. The van der Waals surface area contributed by atoms with Crippen LogP contribution in [0.5, 0.6) is 0 Å². The van der Waals surface area contributed by atoms with E-state index in [-0.39, 0.29) is 11.4 Å². The van der Waals surface area contributed by atoms with Crippen LogP contribution in [0.15, 0.2) is 23.1 Å². The Bertz CT molecular complexity index is 639. The molecule has 1 atom stereocenters. The van der Waals surface area contributed by atoms with Gasteiger partial charge in [0.1, 0.15) is 21.3 Å². The lowest BCUT2D eigenvalue weighted by molar-refractivity contribution is 0.0285. The Morgan fingerprint density at radius 2 is 2.05 bits per heavy atom. The average molecular weight is 317 g/mol. The predicted octanol–water partition coefficient (Wildman–Crippen LogP) is 2.47. The fraction of sp³-hybridized carbons (Fsp3) is 0.462. The molecule has 6 nitrogen and oxygen atoms in total. The van der Waals surface area contributed by atoms with E-state index >= 15 is 0 Å². The number of ether oxygens (including phenoxy) is 1. The maximum absolute atomic E-state index is 13.8. The predicted molar refractivity (Wildman–Crippen MR) is 77.4 cm³/mol. The molecule has 1 aromatic carbocycles. The topological polar surface area (TPSA) is 96.5 Å². The highest BCUT2D eigenvalue weighted by atomic mass is 32.2. The summed E-state index contributed by atoms with van der Waals surface area (Å²) in [6.07, 6.45) is -0.532. The van der Waals surface area contributed by atoms with Gasteiger partial charge >= 0.3 is 6.09 Å². The molecule has 118 valence electrons. The highest BCUT2D eigenvalue weighted by Crippen LogP contribution is 2.17. The van der Waals surface area contributed by atoms with Gasteiger partial charge in [-0.3, -0.25) is 0 Å². The number of carbonyl (C=O) groups excluding carboxylic acids is 1. The van der Waals surface area contributed by atoms with E-state index in [1.54, 1.807) is 20.8 Å². The summed E-state index contributed by atoms with van der Waals surface area (Å²) in [7, 11) is -2.08. The molecule has 3 N–H and O–H groups in total. The van der Waals surface area contributed by atoms with Crippen molar-refractivity contribution in [2.24, 2.45) is 5.14 Å². The lowest BCUT2D eigenvalue weighted by atomic mass is 10.2. The van der Waals surface area contributed by atoms with Crippen LogP contribution in [-0.4, -0.2) is 27.9 Å². The first-order valence-corrected chi connectivity index (χ1v) is 7.81. The van der Waals surface area contributed by atoms with Crippen LogP contribution >= 0.6 is 0 Å². The first-order chi connectivity index (χ1) is 9.40. The zero-order valence-corrected chi connectivity index (χ0v) is 13.3. The van der Waals surface area contributed by atoms with Gasteiger partial charge in [0.2, 0.25) is 0 Å². The summed E-state index contributed by atoms with van der Waals surface area (Å²) >= 11 is 0. The molecule has 0 saturated carbocycles. The van der Waals surface area contributed by atoms with E-state index in [1.807, 2.05) is 0 Å². The molecule has 0 aliphatic heterocycles. The van der Waals surface area contributed by atoms with Crippen LogP contribution in [0, 0.1) is 10.6 Å². The third-order valence-electron chi connectivity index (χ3n) is 2.45. The number of hydrogen-bond donors (Lipinski definition) is 2. The maximum Gasteiger partial charge on any atom is 0.410 e. The van der Waals surface area contributed by atoms with Crippen LogP contribution in [-0.2, 0) is 21.2 Å². The number of nitrogens with zero attached hydrogens (tertiary/aromatic N) is 1. The molecule has 21 heavy (non-hydrogen) atoms. The van der Waals surface area contributed by atoms with Crippen molar-refractivity contribution in [1.29, 1.82) is 4.78 Å². The molecule has 1 aromatic rings. The Kier molecular flexibility index (Phi) is 4.95. The molecule has 0 saturated heterocycles. The highest BCUT2D eigenvalue weighted by molar-refractivity contribution is 7.90. The molecule has 1 rings (SSSR count). The fourth-order valence-electron chi connectivity index (χ4n) is 1.57. The monoisotopic (exact) mass is 317 g/mol. The number of rotatable bonds is 3. The van der Waals surface area contributed by atoms with Crippen molar-refractivity contribution in [2.45, 2.75) is 37.8 Å². The standard InChI is InChI=1S/C13H20FN3O3S/c1-13(2,3)20-12(18)17(4)8-9-5-6-11(10(14)7-9)21(15,16)19/h5-7H,8H2,1-4H3,(H3,15,16,19). The quantitative estimate of drug-likeness (QED) is 0.896. The third-order valence-corrected chi connectivity index (χ3v) is 3.43. The molecule has 0 spiro atoms. The second-order valence-electron chi connectivity index (χ2n) is 5.70. The molecule has 1 unspecified atom stereocenters. The summed E-state index contributed by atoms with van der Waals surface area (Å²) in [5, 5.41) is 5.10. The summed E-state index contributed by atoms with van der Waals surface area (Å²) in [4.78, 5) is 12.7. The van der Waals surface area contributed by atoms with Gasteiger partial charge in [-0.25, -0.2) is 23.3 Å². The van der Waals surface area contributed by atoms with Crippen molar-refractivity contribution in [1.82, 2.24) is 4.90 Å². The van der Waals surface area contributed by atoms with Gasteiger partial charge in [-0.1, -0.05) is 6.07 Å². The third kappa shape index (κ3) is 5.31. The van der Waals surface area contributed by atoms with Crippen LogP contribution in [0.1, 0.15) is 26.3 Å². The number of halogens is 1. The fourth-order valence-corrected chi connectivity index (χ4v) is 2.19. The van der Waals surface area contributed by atoms with Gasteiger partial charge < -0.3 is 9.64 Å². The number of benzene rings is 1. The second kappa shape index (κ2) is 5.98. The van der Waals surface area contributed by atoms with Crippen molar-refractivity contribution in [3.05, 3.63) is 29.6 Å². The van der Waals surface area contributed by atoms with E-state index in [4.69, 9.17) is 14.7 Å². The summed E-state index contributed by atoms with van der Waals surface area (Å²) in [6, 6.07) is 3.78. The molecule has 0 radical (unpaired) electrons. The largest absolute Gasteiger partial charge is 0.444 e. The van der Waals surface area contributed by atoms with Crippen LogP contribution in [0.4, 0.5) is 9.18 Å². The lowest BCUT2D eigenvalue weighted by Crippen LogP contribution is -2.33. The lowest BCUT2D eigenvalue weighted by Gasteiger charge is -2.24. The normalized spacial score (nSPS) is 14.4. The van der Waals surface area contributed by atoms with Gasteiger partial charge in [0.15, 0.2) is 0 Å². The molecule has 0 fully saturated rings. The van der Waals surface area contributed by atoms with Gasteiger partial charge in [-0.05, 0) is 38.5 Å². The minimum absolute atomic E-state index is 0.121. The molecule has 0 aliphatic carbocycles. The summed E-state index contributed by atoms with van der Waals surface area (Å²) in [6.45, 7) is 5.37. The zero-order valence-electron chi connectivity index (χ0n) is 12.5. The van der Waals surface area contributed by atoms with Crippen molar-refractivity contribution in [3.8, 4) is 0 Å². The number of hydrogen-bond acceptors (Lipinski definition) is 4. The van der Waals surface area contributed by atoms with Gasteiger partial charge in [-0.2, -0.15) is 0 Å². The molecule has 8 heteroatoms. The van der Waals surface area contributed by atoms with Crippen molar-refractivity contribution < 1.29 is 18.1 Å². The van der Waals surface area contributed by atoms with E-state index in [2.05, 4.69) is 0 Å². The van der Waals surface area contributed by atoms with Crippen LogP contribution < -0.4 is 5.14 Å². The molecule has 0 heterocycles. The summed E-state index contributed by atoms with van der Waals surface area (Å²) < 4.78 is 37.4. The summed E-state index contributed by atoms with van der Waals surface area (Å²) in [5.41, 5.74) is -0.134. The Morgan fingerprint density at radius 1 is 1.48 bits per heavy atom. The number of nitrogens with one attached hydrogen (secondary N) is 1. The first-order valence-electron chi connectivity index (χ1n) is 6.19. The van der Waals surface area contributed by atoms with E-state index in [1.165, 1.54) is 24.1 Å². The summed E-state index contributed by atoms with van der Waals surface area (Å²) in [5.74, 6) is -0.826. The number of amides is 1. The van der Waals surface area contributed by atoms with Crippen LogP contribution in [0.3, 0.4) is 0 Å². The van der Waals surface area contributed by atoms with Crippen LogP contribution in [0.25, 0.3) is 0 Å². The minimum atomic E-state index is -3.60. The highest BCUT2D eigenvalue weighted by Gasteiger charge is 2.20. The smallest absolute Gasteiger partial charge is 0.410 e. The van der Waals surface area contributed by atoms with Crippen LogP contribution in [0.2, 0.25) is 0 Å². The minimum Gasteiger partial charge on any atom is -0.444 e. The van der Waals surface area contributed by atoms with Gasteiger partial charge in [-0.15, -0.1) is 0 Å². The molecular formula is C13H20FN3O3S. The zero-order chi connectivity index (χ0) is 16.4. The Morgan fingerprint density at radius 3 is 2.48 bits per heavy atom. The SMILES string of the molecule is CN(Cc1ccc(S(=N)(N)=O)c(F)c1)C(=O)OC(C)(C)C. The molecule has 0 bridgehead atoms. The van der Waals surface area contributed by atoms with Crippen molar-refractivity contribution in [3.63, 3.8) is 0 Å². The Labute approximate surface area is 124 Å².